The highest BCUT2D eigenvalue weighted by Crippen LogP contribution is 2.66. The number of anilines is 1. The standard InChI is InChI=1S/C17H27N8O17P3S/c18-6(3-8(26)27)13(29)20-1-2-21-17(30)40-11-10(28)7(4-38-44(34,35)42-45(36,37)41-43(31,32)33)39-15(11)25-5-22-9-12(25)23-16(19)24-14(9)46/h5-7,10-11,15,28H,1-4,18H2,(H,20,29)(H,21,30)(H,26,27)(H,34,35)(H,36,37)(H2,31,32,33)(H3,19,23,24,46)/t6?,7-,10?,11+,15-/m1/s1. The summed E-state index contributed by atoms with van der Waals surface area (Å²) in [6, 6.07) is -1.35. The molecule has 1 fully saturated rings. The molecule has 0 spiro atoms. The highest BCUT2D eigenvalue weighted by atomic mass is 32.1. The van der Waals surface area contributed by atoms with E-state index in [0.29, 0.717) is 0 Å². The predicted molar refractivity (Wildman–Crippen MR) is 148 cm³/mol. The highest BCUT2D eigenvalue weighted by molar-refractivity contribution is 7.80. The highest BCUT2D eigenvalue weighted by Gasteiger charge is 2.49. The van der Waals surface area contributed by atoms with Crippen LogP contribution >= 0.6 is 36.1 Å². The molecule has 0 aromatic carbocycles. The van der Waals surface area contributed by atoms with Crippen molar-refractivity contribution in [3.05, 3.63) is 6.33 Å². The average molecular weight is 740 g/mol. The molecule has 0 saturated carbocycles. The van der Waals surface area contributed by atoms with Gasteiger partial charge in [-0.3, -0.25) is 18.7 Å². The molecular formula is C17H27N8O17P3S. The Hall–Kier alpha value is -2.80. The zero-order chi connectivity index (χ0) is 34.6. The van der Waals surface area contributed by atoms with Gasteiger partial charge in [0.1, 0.15) is 22.8 Å². The number of fused-ring (bicyclic) bond motifs is 1. The van der Waals surface area contributed by atoms with Crippen LogP contribution in [0.25, 0.3) is 11.2 Å². The lowest BCUT2D eigenvalue weighted by Gasteiger charge is -2.22. The number of amides is 2. The van der Waals surface area contributed by atoms with Gasteiger partial charge < -0.3 is 61.4 Å². The third-order valence-corrected chi connectivity index (χ3v) is 9.61. The summed E-state index contributed by atoms with van der Waals surface area (Å²) in [4.78, 5) is 83.4. The number of carboxylic acid groups (broad SMARTS) is 1. The summed E-state index contributed by atoms with van der Waals surface area (Å²) < 4.78 is 58.5. The molecule has 2 aromatic heterocycles. The van der Waals surface area contributed by atoms with Crippen molar-refractivity contribution in [1.29, 1.82) is 0 Å². The number of carboxylic acids is 1. The fourth-order valence-corrected chi connectivity index (χ4v) is 7.00. The fourth-order valence-electron chi connectivity index (χ4n) is 3.71. The summed E-state index contributed by atoms with van der Waals surface area (Å²) in [6.07, 6.45) is -7.46. The zero-order valence-corrected chi connectivity index (χ0v) is 26.3. The first-order valence-electron chi connectivity index (χ1n) is 12.2. The van der Waals surface area contributed by atoms with Gasteiger partial charge in [-0.25, -0.2) is 28.5 Å². The number of nitrogens with zero attached hydrogens (tertiary/aromatic N) is 4. The number of carbonyl (C=O) groups excluding carboxylic acids is 2. The van der Waals surface area contributed by atoms with Crippen molar-refractivity contribution in [3.8, 4) is 0 Å². The maximum absolute atomic E-state index is 12.6. The van der Waals surface area contributed by atoms with Crippen molar-refractivity contribution in [2.75, 3.05) is 25.4 Å². The zero-order valence-electron chi connectivity index (χ0n) is 22.7. The first kappa shape index (κ1) is 37.7. The van der Waals surface area contributed by atoms with E-state index in [9.17, 15) is 43.0 Å². The van der Waals surface area contributed by atoms with Gasteiger partial charge in [0.2, 0.25) is 11.9 Å². The lowest BCUT2D eigenvalue weighted by molar-refractivity contribution is -0.139. The first-order valence-corrected chi connectivity index (χ1v) is 17.2. The number of aliphatic hydroxyl groups excluding tert-OH is 1. The molecule has 7 atom stereocenters. The summed E-state index contributed by atoms with van der Waals surface area (Å²) in [7, 11) is -17.1. The van der Waals surface area contributed by atoms with Crippen molar-refractivity contribution >= 4 is 71.2 Å². The molecule has 25 nitrogen and oxygen atoms in total. The molecule has 2 amide bonds. The Bertz CT molecular complexity index is 1610. The first-order chi connectivity index (χ1) is 21.2. The SMILES string of the molecule is Nc1nc(S)c2ncn([C@@H]3O[C@H](COP(=O)(O)OP(=O)(O)OP(=O)(O)O)C(O)[C@@H]3OC(=O)NCCNC(=O)C(N)CC(=O)O)c2n1. The second kappa shape index (κ2) is 15.0. The van der Waals surface area contributed by atoms with Gasteiger partial charge in [0.15, 0.2) is 18.0 Å². The molecular weight excluding hydrogens is 713 g/mol. The van der Waals surface area contributed by atoms with Gasteiger partial charge in [-0.2, -0.15) is 13.6 Å². The second-order valence-electron chi connectivity index (χ2n) is 8.96. The van der Waals surface area contributed by atoms with Crippen LogP contribution in [-0.4, -0.2) is 111 Å². The van der Waals surface area contributed by atoms with Crippen molar-refractivity contribution in [2.45, 2.75) is 42.0 Å². The normalized spacial score (nSPS) is 23.3. The number of aliphatic carboxylic acids is 1. The van der Waals surface area contributed by atoms with Crippen LogP contribution in [0.1, 0.15) is 12.6 Å². The van der Waals surface area contributed by atoms with Crippen LogP contribution in [0.3, 0.4) is 0 Å². The number of aromatic nitrogens is 4. The van der Waals surface area contributed by atoms with Crippen LogP contribution in [0.2, 0.25) is 0 Å². The van der Waals surface area contributed by atoms with E-state index in [2.05, 4.69) is 51.4 Å². The molecule has 3 heterocycles. The third-order valence-electron chi connectivity index (χ3n) is 5.49. The molecule has 0 aliphatic carbocycles. The molecule has 1 aliphatic rings. The Labute approximate surface area is 261 Å². The number of nitrogens with one attached hydrogen (secondary N) is 2. The summed E-state index contributed by atoms with van der Waals surface area (Å²) in [5, 5.41) is 24.2. The molecule has 0 radical (unpaired) electrons. The van der Waals surface area contributed by atoms with Gasteiger partial charge in [-0.1, -0.05) is 0 Å². The monoisotopic (exact) mass is 740 g/mol. The van der Waals surface area contributed by atoms with Crippen molar-refractivity contribution < 1.29 is 80.5 Å². The number of nitrogen functional groups attached to an aromatic ring is 1. The quantitative estimate of drug-likeness (QED) is 0.0383. The van der Waals surface area contributed by atoms with Crippen molar-refractivity contribution in [2.24, 2.45) is 5.73 Å². The van der Waals surface area contributed by atoms with Gasteiger partial charge in [-0.05, 0) is 0 Å². The van der Waals surface area contributed by atoms with Gasteiger partial charge in [0, 0.05) is 13.1 Å². The minimum atomic E-state index is -5.85. The van der Waals surface area contributed by atoms with Crippen LogP contribution in [0.5, 0.6) is 0 Å². The summed E-state index contributed by atoms with van der Waals surface area (Å²) >= 11 is 4.15. The van der Waals surface area contributed by atoms with Gasteiger partial charge in [0.25, 0.3) is 0 Å². The van der Waals surface area contributed by atoms with Gasteiger partial charge in [0.05, 0.1) is 25.4 Å². The molecule has 0 bridgehead atoms. The maximum Gasteiger partial charge on any atom is 0.490 e. The summed E-state index contributed by atoms with van der Waals surface area (Å²) in [5.41, 5.74) is 11.2. The Morgan fingerprint density at radius 1 is 1.09 bits per heavy atom. The van der Waals surface area contributed by atoms with Crippen LogP contribution < -0.4 is 22.1 Å². The molecule has 29 heteroatoms. The number of ether oxygens (including phenoxy) is 2. The smallest absolute Gasteiger partial charge is 0.481 e. The largest absolute Gasteiger partial charge is 0.490 e. The molecule has 4 unspecified atom stereocenters. The average Bonchev–Trinajstić information content (AvgIpc) is 3.43. The van der Waals surface area contributed by atoms with Crippen LogP contribution in [-0.2, 0) is 45.9 Å². The van der Waals surface area contributed by atoms with Gasteiger partial charge in [-0.15, -0.1) is 12.6 Å². The number of nitrogens with two attached hydrogens (primary N) is 2. The van der Waals surface area contributed by atoms with Crippen LogP contribution in [0.15, 0.2) is 11.4 Å². The minimum Gasteiger partial charge on any atom is -0.481 e. The summed E-state index contributed by atoms with van der Waals surface area (Å²) in [6.45, 7) is -1.61. The number of hydrogen-bond donors (Lipinski definition) is 11. The second-order valence-corrected chi connectivity index (χ2v) is 13.8. The summed E-state index contributed by atoms with van der Waals surface area (Å²) in [5.74, 6) is -2.38. The molecule has 258 valence electrons. The number of rotatable bonds is 15. The Morgan fingerprint density at radius 2 is 1.74 bits per heavy atom. The topological polar surface area (TPSA) is 390 Å². The van der Waals surface area contributed by atoms with E-state index < -0.39 is 85.0 Å². The number of hydrogen-bond acceptors (Lipinski definition) is 18. The lowest BCUT2D eigenvalue weighted by Crippen LogP contribution is -2.45. The molecule has 2 aromatic rings. The Morgan fingerprint density at radius 3 is 2.37 bits per heavy atom. The van der Waals surface area contributed by atoms with Crippen molar-refractivity contribution in [3.63, 3.8) is 0 Å². The number of phosphoric ester groups is 1. The van der Waals surface area contributed by atoms with E-state index in [-0.39, 0.29) is 35.2 Å². The lowest BCUT2D eigenvalue weighted by atomic mass is 10.1. The Kier molecular flexibility index (Phi) is 12.2. The van der Waals surface area contributed by atoms with E-state index in [1.165, 1.54) is 0 Å². The number of phosphoric acid groups is 3. The molecule has 12 N–H and O–H groups in total. The molecule has 1 saturated heterocycles. The van der Waals surface area contributed by atoms with E-state index >= 15 is 0 Å². The molecule has 1 aliphatic heterocycles. The number of aliphatic hydroxyl groups is 1. The van der Waals surface area contributed by atoms with E-state index in [0.717, 1.165) is 10.9 Å². The number of imidazole rings is 1. The number of carbonyl (C=O) groups is 3. The minimum absolute atomic E-state index is 0.0299. The van der Waals surface area contributed by atoms with Crippen LogP contribution in [0.4, 0.5) is 10.7 Å². The van der Waals surface area contributed by atoms with E-state index in [1.807, 2.05) is 0 Å². The fraction of sp³-hybridized carbons (Fsp3) is 0.529. The van der Waals surface area contributed by atoms with E-state index in [4.69, 9.17) is 35.8 Å². The van der Waals surface area contributed by atoms with Gasteiger partial charge >= 0.3 is 35.5 Å². The molecule has 3 rings (SSSR count). The number of alkyl carbamates (subject to hydrolysis) is 1. The molecule has 46 heavy (non-hydrogen) atoms. The maximum atomic E-state index is 12.6. The van der Waals surface area contributed by atoms with Crippen molar-refractivity contribution in [1.82, 2.24) is 30.2 Å². The van der Waals surface area contributed by atoms with E-state index in [1.54, 1.807) is 0 Å². The number of thiol groups is 1. The predicted octanol–water partition coefficient (Wildman–Crippen LogP) is -2.69. The van der Waals surface area contributed by atoms with Crippen LogP contribution in [0, 0.1) is 0 Å². The Balaban J connectivity index is 1.74. The third kappa shape index (κ3) is 10.6.